The van der Waals surface area contributed by atoms with E-state index in [1.54, 1.807) is 32.0 Å². The Morgan fingerprint density at radius 3 is 2.61 bits per heavy atom. The summed E-state index contributed by atoms with van der Waals surface area (Å²) in [6.45, 7) is 3.86. The van der Waals surface area contributed by atoms with Gasteiger partial charge in [-0.2, -0.15) is 5.26 Å². The molecule has 0 unspecified atom stereocenters. The van der Waals surface area contributed by atoms with Crippen LogP contribution in [0.2, 0.25) is 10.0 Å². The van der Waals surface area contributed by atoms with Crippen LogP contribution in [0.5, 0.6) is 0 Å². The van der Waals surface area contributed by atoms with Crippen LogP contribution in [0.25, 0.3) is 0 Å². The lowest BCUT2D eigenvalue weighted by atomic mass is 9.96. The van der Waals surface area contributed by atoms with Crippen LogP contribution in [-0.4, -0.2) is 12.5 Å². The molecule has 0 aliphatic rings. The van der Waals surface area contributed by atoms with Crippen molar-refractivity contribution in [3.8, 4) is 6.07 Å². The zero-order valence-electron chi connectivity index (χ0n) is 10.3. The molecule has 1 aromatic rings. The molecule has 0 aliphatic carbocycles. The summed E-state index contributed by atoms with van der Waals surface area (Å²) in [5.41, 5.74) is 0.226. The average Bonchev–Trinajstić information content (AvgIpc) is 2.32. The standard InChI is InChI=1S/C13H14Cl2N2O/c1-13(2,7-16)8-17-12(18)6-9-3-4-10(14)11(15)5-9/h3-5H,6,8H2,1-2H3,(H,17,18). The van der Waals surface area contributed by atoms with E-state index in [0.717, 1.165) is 5.56 Å². The minimum atomic E-state index is -0.562. The number of rotatable bonds is 4. The second-order valence-corrected chi connectivity index (χ2v) is 5.51. The maximum Gasteiger partial charge on any atom is 0.224 e. The lowest BCUT2D eigenvalue weighted by molar-refractivity contribution is -0.120. The number of halogens is 2. The van der Waals surface area contributed by atoms with E-state index >= 15 is 0 Å². The van der Waals surface area contributed by atoms with Crippen molar-refractivity contribution in [2.45, 2.75) is 20.3 Å². The van der Waals surface area contributed by atoms with Crippen molar-refractivity contribution in [3.63, 3.8) is 0 Å². The van der Waals surface area contributed by atoms with Crippen LogP contribution in [0.4, 0.5) is 0 Å². The Morgan fingerprint density at radius 2 is 2.06 bits per heavy atom. The quantitative estimate of drug-likeness (QED) is 0.923. The molecule has 0 spiro atoms. The fourth-order valence-electron chi connectivity index (χ4n) is 1.26. The van der Waals surface area contributed by atoms with E-state index in [4.69, 9.17) is 28.5 Å². The highest BCUT2D eigenvalue weighted by atomic mass is 35.5. The zero-order chi connectivity index (χ0) is 13.8. The predicted molar refractivity (Wildman–Crippen MR) is 72.6 cm³/mol. The Bertz CT molecular complexity index is 492. The Hall–Kier alpha value is -1.24. The minimum absolute atomic E-state index is 0.142. The number of nitriles is 1. The van der Waals surface area contributed by atoms with E-state index in [1.165, 1.54) is 0 Å². The normalized spacial score (nSPS) is 10.8. The van der Waals surface area contributed by atoms with Crippen molar-refractivity contribution in [3.05, 3.63) is 33.8 Å². The van der Waals surface area contributed by atoms with Crippen molar-refractivity contribution in [2.24, 2.45) is 5.41 Å². The number of nitrogens with zero attached hydrogens (tertiary/aromatic N) is 1. The van der Waals surface area contributed by atoms with Crippen LogP contribution in [0.15, 0.2) is 18.2 Å². The fraction of sp³-hybridized carbons (Fsp3) is 0.385. The van der Waals surface area contributed by atoms with Gasteiger partial charge in [0, 0.05) is 6.54 Å². The zero-order valence-corrected chi connectivity index (χ0v) is 11.8. The first-order valence-electron chi connectivity index (χ1n) is 5.46. The van der Waals surface area contributed by atoms with E-state index in [1.807, 2.05) is 0 Å². The summed E-state index contributed by atoms with van der Waals surface area (Å²) in [5.74, 6) is -0.142. The summed E-state index contributed by atoms with van der Waals surface area (Å²) < 4.78 is 0. The molecule has 1 aromatic carbocycles. The van der Waals surface area contributed by atoms with Crippen molar-refractivity contribution >= 4 is 29.1 Å². The number of hydrogen-bond acceptors (Lipinski definition) is 2. The van der Waals surface area contributed by atoms with Crippen LogP contribution in [0.1, 0.15) is 19.4 Å². The Kier molecular flexibility index (Phi) is 5.01. The van der Waals surface area contributed by atoms with Gasteiger partial charge in [-0.1, -0.05) is 29.3 Å². The molecule has 0 aromatic heterocycles. The molecule has 0 saturated heterocycles. The third-order valence-electron chi connectivity index (χ3n) is 2.38. The molecule has 96 valence electrons. The summed E-state index contributed by atoms with van der Waals surface area (Å²) in [5, 5.41) is 12.4. The van der Waals surface area contributed by atoms with Gasteiger partial charge in [-0.25, -0.2) is 0 Å². The van der Waals surface area contributed by atoms with Crippen molar-refractivity contribution in [2.75, 3.05) is 6.54 Å². The van der Waals surface area contributed by atoms with E-state index < -0.39 is 5.41 Å². The monoisotopic (exact) mass is 284 g/mol. The molecule has 0 fully saturated rings. The number of hydrogen-bond donors (Lipinski definition) is 1. The predicted octanol–water partition coefficient (Wildman–Crippen LogP) is 3.20. The van der Waals surface area contributed by atoms with Gasteiger partial charge in [0.25, 0.3) is 0 Å². The van der Waals surface area contributed by atoms with E-state index in [9.17, 15) is 4.79 Å². The molecule has 0 heterocycles. The molecule has 3 nitrogen and oxygen atoms in total. The lowest BCUT2D eigenvalue weighted by Gasteiger charge is -2.15. The van der Waals surface area contributed by atoms with Gasteiger partial charge in [-0.05, 0) is 31.5 Å². The topological polar surface area (TPSA) is 52.9 Å². The van der Waals surface area contributed by atoms with Gasteiger partial charge in [0.05, 0.1) is 28.0 Å². The third-order valence-corrected chi connectivity index (χ3v) is 3.12. The van der Waals surface area contributed by atoms with Crippen LogP contribution in [0.3, 0.4) is 0 Å². The van der Waals surface area contributed by atoms with Gasteiger partial charge in [0.2, 0.25) is 5.91 Å². The fourth-order valence-corrected chi connectivity index (χ4v) is 1.58. The molecule has 5 heteroatoms. The largest absolute Gasteiger partial charge is 0.354 e. The van der Waals surface area contributed by atoms with Crippen molar-refractivity contribution in [1.82, 2.24) is 5.32 Å². The number of benzene rings is 1. The molecule has 0 saturated carbocycles. The maximum absolute atomic E-state index is 11.7. The summed E-state index contributed by atoms with van der Waals surface area (Å²) in [6, 6.07) is 7.20. The molecule has 0 aliphatic heterocycles. The minimum Gasteiger partial charge on any atom is -0.354 e. The van der Waals surface area contributed by atoms with E-state index in [2.05, 4.69) is 11.4 Å². The first kappa shape index (κ1) is 14.8. The molecule has 0 atom stereocenters. The molecular weight excluding hydrogens is 271 g/mol. The highest BCUT2D eigenvalue weighted by Gasteiger charge is 2.17. The third kappa shape index (κ3) is 4.56. The van der Waals surface area contributed by atoms with Crippen molar-refractivity contribution in [1.29, 1.82) is 5.26 Å². The molecule has 18 heavy (non-hydrogen) atoms. The molecule has 0 radical (unpaired) electrons. The summed E-state index contributed by atoms with van der Waals surface area (Å²) >= 11 is 11.7. The van der Waals surface area contributed by atoms with Gasteiger partial charge < -0.3 is 5.32 Å². The van der Waals surface area contributed by atoms with Crippen LogP contribution < -0.4 is 5.32 Å². The van der Waals surface area contributed by atoms with E-state index in [0.29, 0.717) is 16.6 Å². The highest BCUT2D eigenvalue weighted by molar-refractivity contribution is 6.42. The van der Waals surface area contributed by atoms with Crippen molar-refractivity contribution < 1.29 is 4.79 Å². The average molecular weight is 285 g/mol. The smallest absolute Gasteiger partial charge is 0.224 e. The number of carbonyl (C=O) groups excluding carboxylic acids is 1. The number of amides is 1. The van der Waals surface area contributed by atoms with Crippen LogP contribution >= 0.6 is 23.2 Å². The van der Waals surface area contributed by atoms with Gasteiger partial charge in [-0.15, -0.1) is 0 Å². The van der Waals surface area contributed by atoms with E-state index in [-0.39, 0.29) is 12.3 Å². The molecule has 1 rings (SSSR count). The molecule has 0 bridgehead atoms. The highest BCUT2D eigenvalue weighted by Crippen LogP contribution is 2.22. The second-order valence-electron chi connectivity index (χ2n) is 4.70. The molecule has 1 amide bonds. The van der Waals surface area contributed by atoms with Gasteiger partial charge in [0.15, 0.2) is 0 Å². The summed E-state index contributed by atoms with van der Waals surface area (Å²) in [7, 11) is 0. The second kappa shape index (κ2) is 6.08. The van der Waals surface area contributed by atoms with Crippen LogP contribution in [-0.2, 0) is 11.2 Å². The number of nitrogens with one attached hydrogen (secondary N) is 1. The van der Waals surface area contributed by atoms with Crippen LogP contribution in [0, 0.1) is 16.7 Å². The first-order chi connectivity index (χ1) is 8.34. The van der Waals surface area contributed by atoms with Gasteiger partial charge in [-0.3, -0.25) is 4.79 Å². The SMILES string of the molecule is CC(C)(C#N)CNC(=O)Cc1ccc(Cl)c(Cl)c1. The Balaban J connectivity index is 2.55. The Labute approximate surface area is 117 Å². The van der Waals surface area contributed by atoms with Gasteiger partial charge >= 0.3 is 0 Å². The first-order valence-corrected chi connectivity index (χ1v) is 6.21. The maximum atomic E-state index is 11.7. The number of carbonyl (C=O) groups is 1. The summed E-state index contributed by atoms with van der Waals surface area (Å²) in [6.07, 6.45) is 0.221. The summed E-state index contributed by atoms with van der Waals surface area (Å²) in [4.78, 5) is 11.7. The van der Waals surface area contributed by atoms with Gasteiger partial charge in [0.1, 0.15) is 0 Å². The lowest BCUT2D eigenvalue weighted by Crippen LogP contribution is -2.34. The molecular formula is C13H14Cl2N2O. The Morgan fingerprint density at radius 1 is 1.39 bits per heavy atom. The molecule has 1 N–H and O–H groups in total.